The number of rotatable bonds is 6. The van der Waals surface area contributed by atoms with Gasteiger partial charge in [0, 0.05) is 38.9 Å². The molecule has 0 saturated carbocycles. The first kappa shape index (κ1) is 46.5. The summed E-state index contributed by atoms with van der Waals surface area (Å²) in [4.78, 5) is 0. The monoisotopic (exact) mass is 991 g/mol. The molecule has 0 amide bonds. The van der Waals surface area contributed by atoms with E-state index in [2.05, 4.69) is 275 Å². The van der Waals surface area contributed by atoms with Crippen LogP contribution in [-0.4, -0.2) is 0 Å². The highest BCUT2D eigenvalue weighted by Gasteiger charge is 2.42. The molecule has 77 heavy (non-hydrogen) atoms. The Labute approximate surface area is 456 Å². The van der Waals surface area contributed by atoms with Gasteiger partial charge in [-0.05, 0) is 145 Å². The van der Waals surface area contributed by atoms with Crippen molar-refractivity contribution in [3.63, 3.8) is 0 Å². The quantitative estimate of drug-likeness (QED) is 0.146. The van der Waals surface area contributed by atoms with Gasteiger partial charge < -0.3 is 0 Å². The Bertz CT molecular complexity index is 3710. The standard InChI is InChI=1S/C77H66/c1-73(2)61-23-15-11-19-51(61)55-33-27-45(39-65(55)73)71(46-28-34-56-52-20-12-16-24-62(52)74(3,4)66(56)40-46)49-31-37-59-60-38-32-50(44-70(60)77(9,10)69(59)43-49)72(47-29-35-57-53-21-13-17-25-63(53)75(5,6)67(57)41-47)48-30-36-58-54-22-14-18-26-64(54)76(7,8)68(58)42-48/h11-44,71-72H,1-10H3. The lowest BCUT2D eigenvalue weighted by atomic mass is 9.75. The molecule has 10 aromatic carbocycles. The van der Waals surface area contributed by atoms with E-state index in [1.54, 1.807) is 0 Å². The third-order valence-electron chi connectivity index (χ3n) is 20.2. The van der Waals surface area contributed by atoms with Gasteiger partial charge in [-0.25, -0.2) is 0 Å². The second kappa shape index (κ2) is 15.7. The number of benzene rings is 10. The van der Waals surface area contributed by atoms with E-state index in [0.717, 1.165) is 0 Å². The largest absolute Gasteiger partial charge is 0.0619 e. The molecule has 0 nitrogen and oxygen atoms in total. The molecule has 10 aromatic rings. The average Bonchev–Trinajstić information content (AvgIpc) is 4.27. The van der Waals surface area contributed by atoms with E-state index in [4.69, 9.17) is 0 Å². The van der Waals surface area contributed by atoms with Gasteiger partial charge in [-0.2, -0.15) is 0 Å². The Balaban J connectivity index is 0.874. The van der Waals surface area contributed by atoms with Crippen LogP contribution in [0.15, 0.2) is 206 Å². The number of hydrogen-bond acceptors (Lipinski definition) is 0. The van der Waals surface area contributed by atoms with E-state index in [9.17, 15) is 0 Å². The fourth-order valence-corrected chi connectivity index (χ4v) is 15.9. The topological polar surface area (TPSA) is 0 Å². The van der Waals surface area contributed by atoms with Gasteiger partial charge in [0.2, 0.25) is 0 Å². The van der Waals surface area contributed by atoms with Gasteiger partial charge in [-0.3, -0.25) is 0 Å². The zero-order valence-corrected chi connectivity index (χ0v) is 46.3. The molecule has 15 rings (SSSR count). The molecule has 0 unspecified atom stereocenters. The van der Waals surface area contributed by atoms with Crippen LogP contribution in [0.4, 0.5) is 0 Å². The Kier molecular flexibility index (Phi) is 9.46. The first-order chi connectivity index (χ1) is 37.0. The maximum absolute atomic E-state index is 2.60. The minimum atomic E-state index is -0.252. The molecule has 0 heterocycles. The zero-order chi connectivity index (χ0) is 52.7. The second-order valence-corrected chi connectivity index (χ2v) is 26.0. The Morgan fingerprint density at radius 2 is 0.338 bits per heavy atom. The van der Waals surface area contributed by atoms with Crippen LogP contribution in [0, 0.1) is 0 Å². The molecule has 0 radical (unpaired) electrons. The van der Waals surface area contributed by atoms with E-state index in [1.165, 1.54) is 145 Å². The van der Waals surface area contributed by atoms with Crippen molar-refractivity contribution in [3.05, 3.63) is 295 Å². The molecule has 0 N–H and O–H groups in total. The second-order valence-electron chi connectivity index (χ2n) is 26.0. The van der Waals surface area contributed by atoms with Crippen LogP contribution in [0.3, 0.4) is 0 Å². The molecule has 0 aliphatic heterocycles. The van der Waals surface area contributed by atoms with Crippen molar-refractivity contribution in [1.29, 1.82) is 0 Å². The van der Waals surface area contributed by atoms with E-state index >= 15 is 0 Å². The lowest BCUT2D eigenvalue weighted by Crippen LogP contribution is -2.18. The summed E-state index contributed by atoms with van der Waals surface area (Å²) in [7, 11) is 0. The van der Waals surface area contributed by atoms with Crippen LogP contribution in [0.2, 0.25) is 0 Å². The summed E-state index contributed by atoms with van der Waals surface area (Å²) in [5.41, 5.74) is 35.1. The van der Waals surface area contributed by atoms with Gasteiger partial charge in [0.05, 0.1) is 0 Å². The third-order valence-corrected chi connectivity index (χ3v) is 20.2. The fourth-order valence-electron chi connectivity index (χ4n) is 15.9. The van der Waals surface area contributed by atoms with Crippen molar-refractivity contribution in [1.82, 2.24) is 0 Å². The summed E-state index contributed by atoms with van der Waals surface area (Å²) >= 11 is 0. The molecule has 0 fully saturated rings. The van der Waals surface area contributed by atoms with Crippen LogP contribution in [-0.2, 0) is 27.1 Å². The van der Waals surface area contributed by atoms with Crippen molar-refractivity contribution in [2.24, 2.45) is 0 Å². The fraction of sp³-hybridized carbons (Fsp3) is 0.221. The minimum absolute atomic E-state index is 0.0276. The normalized spacial score (nSPS) is 16.9. The van der Waals surface area contributed by atoms with Crippen LogP contribution >= 0.6 is 0 Å². The van der Waals surface area contributed by atoms with Gasteiger partial charge in [-0.15, -0.1) is 0 Å². The summed E-state index contributed by atoms with van der Waals surface area (Å²) in [6, 6.07) is 80.8. The number of hydrogen-bond donors (Lipinski definition) is 0. The van der Waals surface area contributed by atoms with E-state index < -0.39 is 0 Å². The Morgan fingerprint density at radius 3 is 0.532 bits per heavy atom. The van der Waals surface area contributed by atoms with Crippen molar-refractivity contribution in [2.75, 3.05) is 0 Å². The third kappa shape index (κ3) is 6.28. The van der Waals surface area contributed by atoms with E-state index in [-0.39, 0.29) is 38.9 Å². The lowest BCUT2D eigenvalue weighted by molar-refractivity contribution is 0.654. The van der Waals surface area contributed by atoms with E-state index in [0.29, 0.717) is 0 Å². The Hall–Kier alpha value is -7.80. The van der Waals surface area contributed by atoms with Crippen LogP contribution in [0.5, 0.6) is 0 Å². The predicted octanol–water partition coefficient (Wildman–Crippen LogP) is 19.6. The number of fused-ring (bicyclic) bond motifs is 15. The highest BCUT2D eigenvalue weighted by atomic mass is 14.5. The first-order valence-electron chi connectivity index (χ1n) is 28.2. The van der Waals surface area contributed by atoms with Gasteiger partial charge in [0.1, 0.15) is 0 Å². The minimum Gasteiger partial charge on any atom is -0.0619 e. The van der Waals surface area contributed by atoms with Gasteiger partial charge >= 0.3 is 0 Å². The smallest absolute Gasteiger partial charge is 0.0340 e. The average molecular weight is 991 g/mol. The molecule has 374 valence electrons. The molecule has 0 spiro atoms. The highest BCUT2D eigenvalue weighted by molar-refractivity contribution is 5.87. The zero-order valence-electron chi connectivity index (χ0n) is 46.3. The van der Waals surface area contributed by atoms with Gasteiger partial charge in [0.25, 0.3) is 0 Å². The maximum atomic E-state index is 2.60. The SMILES string of the molecule is CC1(C)c2ccccc2-c2ccc(C(c3ccc4c(c3)C(C)(C)c3ccccc3-4)c3ccc4c(c3)C(C)(C)c3cc(C(c5ccc6c(c5)C(C)(C)c5ccccc5-6)c5ccc6c(c5)C(C)(C)c5ccccc5-6)ccc3-4)cc21. The summed E-state index contributed by atoms with van der Waals surface area (Å²) in [5.74, 6) is 0.0551. The first-order valence-corrected chi connectivity index (χ1v) is 28.2. The maximum Gasteiger partial charge on any atom is 0.0340 e. The van der Waals surface area contributed by atoms with Crippen LogP contribution in [0.1, 0.15) is 170 Å². The van der Waals surface area contributed by atoms with Crippen molar-refractivity contribution in [3.8, 4) is 55.6 Å². The Morgan fingerprint density at radius 1 is 0.182 bits per heavy atom. The van der Waals surface area contributed by atoms with Gasteiger partial charge in [-0.1, -0.05) is 275 Å². The summed E-state index contributed by atoms with van der Waals surface area (Å²) in [6.07, 6.45) is 0. The molecular formula is C77H66. The van der Waals surface area contributed by atoms with Crippen molar-refractivity contribution < 1.29 is 0 Å². The summed E-state index contributed by atoms with van der Waals surface area (Å²) in [6.45, 7) is 24.2. The molecule has 0 saturated heterocycles. The molecule has 5 aliphatic rings. The van der Waals surface area contributed by atoms with Crippen molar-refractivity contribution >= 4 is 0 Å². The van der Waals surface area contributed by atoms with Gasteiger partial charge in [0.15, 0.2) is 0 Å². The van der Waals surface area contributed by atoms with Crippen molar-refractivity contribution in [2.45, 2.75) is 108 Å². The molecule has 0 bridgehead atoms. The summed E-state index contributed by atoms with van der Waals surface area (Å²) < 4.78 is 0. The van der Waals surface area contributed by atoms with Crippen LogP contribution < -0.4 is 0 Å². The molecule has 0 atom stereocenters. The molecule has 0 aromatic heterocycles. The molecule has 0 heteroatoms. The summed E-state index contributed by atoms with van der Waals surface area (Å²) in [5, 5.41) is 0. The molecule has 5 aliphatic carbocycles. The molecular weight excluding hydrogens is 925 g/mol. The lowest BCUT2D eigenvalue weighted by Gasteiger charge is -2.28. The van der Waals surface area contributed by atoms with E-state index in [1.807, 2.05) is 0 Å². The highest BCUT2D eigenvalue weighted by Crippen LogP contribution is 2.57. The van der Waals surface area contributed by atoms with Crippen LogP contribution in [0.25, 0.3) is 55.6 Å². The predicted molar refractivity (Wildman–Crippen MR) is 322 cm³/mol.